The average Bonchev–Trinajstić information content (AvgIpc) is 3.07. The maximum atomic E-state index is 12.9. The number of halogens is 3. The molecule has 1 aliphatic rings. The van der Waals surface area contributed by atoms with E-state index >= 15 is 0 Å². The molecular formula is C18H30F3N5S. The molecule has 0 radical (unpaired) electrons. The summed E-state index contributed by atoms with van der Waals surface area (Å²) >= 11 is 1.59. The predicted octanol–water partition coefficient (Wildman–Crippen LogP) is 3.47. The lowest BCUT2D eigenvalue weighted by Crippen LogP contribution is -2.56. The Morgan fingerprint density at radius 2 is 1.89 bits per heavy atom. The van der Waals surface area contributed by atoms with E-state index in [4.69, 9.17) is 0 Å². The molecule has 0 amide bonds. The summed E-state index contributed by atoms with van der Waals surface area (Å²) in [4.78, 5) is 12.8. The first-order chi connectivity index (χ1) is 12.5. The highest BCUT2D eigenvalue weighted by Crippen LogP contribution is 2.26. The number of nitrogens with zero attached hydrogens (tertiary/aromatic N) is 4. The number of nitrogens with one attached hydrogen (secondary N) is 1. The number of alkyl halides is 3. The first kappa shape index (κ1) is 21.9. The van der Waals surface area contributed by atoms with Crippen LogP contribution in [0.25, 0.3) is 0 Å². The summed E-state index contributed by atoms with van der Waals surface area (Å²) in [6, 6.07) is -1.41. The molecule has 1 aromatic heterocycles. The van der Waals surface area contributed by atoms with Crippen molar-refractivity contribution in [3.05, 3.63) is 16.1 Å². The van der Waals surface area contributed by atoms with Gasteiger partial charge in [-0.15, -0.1) is 11.3 Å². The highest BCUT2D eigenvalue weighted by molar-refractivity contribution is 7.09. The minimum absolute atomic E-state index is 0.00840. The maximum Gasteiger partial charge on any atom is 0.403 e. The largest absolute Gasteiger partial charge is 0.403 e. The zero-order chi connectivity index (χ0) is 20.2. The molecule has 27 heavy (non-hydrogen) atoms. The molecule has 1 atom stereocenters. The van der Waals surface area contributed by atoms with E-state index in [-0.39, 0.29) is 5.41 Å². The molecule has 1 saturated heterocycles. The van der Waals surface area contributed by atoms with Crippen molar-refractivity contribution >= 4 is 17.3 Å². The summed E-state index contributed by atoms with van der Waals surface area (Å²) in [5.74, 6) is 0.740. The van der Waals surface area contributed by atoms with Crippen molar-refractivity contribution in [2.45, 2.75) is 58.8 Å². The number of aromatic nitrogens is 1. The van der Waals surface area contributed by atoms with Crippen molar-refractivity contribution in [1.29, 1.82) is 0 Å². The summed E-state index contributed by atoms with van der Waals surface area (Å²) in [5.41, 5.74) is 1.06. The molecule has 0 aromatic carbocycles. The van der Waals surface area contributed by atoms with Gasteiger partial charge in [0.15, 0.2) is 5.96 Å². The molecule has 1 unspecified atom stereocenters. The van der Waals surface area contributed by atoms with Crippen LogP contribution in [0.15, 0.2) is 10.4 Å². The molecule has 5 nitrogen and oxygen atoms in total. The van der Waals surface area contributed by atoms with Gasteiger partial charge in [-0.25, -0.2) is 9.98 Å². The summed E-state index contributed by atoms with van der Waals surface area (Å²) in [6.45, 7) is 12.6. The zero-order valence-electron chi connectivity index (χ0n) is 16.7. The van der Waals surface area contributed by atoms with Crippen LogP contribution in [-0.4, -0.2) is 65.7 Å². The monoisotopic (exact) mass is 405 g/mol. The molecule has 1 fully saturated rings. The lowest BCUT2D eigenvalue weighted by atomic mass is 9.93. The standard InChI is InChI=1S/C18H30F3N5S/c1-6-22-16(23-11-15-24-14(12-27-15)17(3,4)5)26-9-7-25(8-10-26)13(2)18(19,20)21/h12-13H,6-11H2,1-5H3,(H,22,23). The van der Waals surface area contributed by atoms with Crippen LogP contribution in [0.4, 0.5) is 13.2 Å². The molecule has 0 saturated carbocycles. The second-order valence-electron chi connectivity index (χ2n) is 7.79. The van der Waals surface area contributed by atoms with Crippen molar-refractivity contribution in [3.63, 3.8) is 0 Å². The lowest BCUT2D eigenvalue weighted by Gasteiger charge is -2.39. The van der Waals surface area contributed by atoms with Gasteiger partial charge in [-0.2, -0.15) is 13.2 Å². The van der Waals surface area contributed by atoms with Gasteiger partial charge in [0.05, 0.1) is 12.2 Å². The first-order valence-corrected chi connectivity index (χ1v) is 10.2. The molecule has 154 valence electrons. The Hall–Kier alpha value is -1.35. The number of hydrogen-bond donors (Lipinski definition) is 1. The zero-order valence-corrected chi connectivity index (χ0v) is 17.5. The Morgan fingerprint density at radius 1 is 1.26 bits per heavy atom. The Morgan fingerprint density at radius 3 is 2.37 bits per heavy atom. The molecule has 0 spiro atoms. The smallest absolute Gasteiger partial charge is 0.357 e. The van der Waals surface area contributed by atoms with Gasteiger partial charge in [-0.1, -0.05) is 20.8 Å². The highest BCUT2D eigenvalue weighted by atomic mass is 32.1. The van der Waals surface area contributed by atoms with E-state index in [9.17, 15) is 13.2 Å². The van der Waals surface area contributed by atoms with E-state index in [2.05, 4.69) is 41.4 Å². The molecule has 0 bridgehead atoms. The minimum Gasteiger partial charge on any atom is -0.357 e. The Kier molecular flexibility index (Phi) is 7.13. The molecule has 1 N–H and O–H groups in total. The highest BCUT2D eigenvalue weighted by Gasteiger charge is 2.41. The van der Waals surface area contributed by atoms with Crippen molar-refractivity contribution in [2.24, 2.45) is 4.99 Å². The SMILES string of the molecule is CCNC(=NCc1nc(C(C)(C)C)cs1)N1CCN(C(C)C(F)(F)F)CC1. The van der Waals surface area contributed by atoms with Crippen LogP contribution in [0.3, 0.4) is 0 Å². The minimum atomic E-state index is -4.18. The molecule has 0 aliphatic carbocycles. The molecule has 9 heteroatoms. The fourth-order valence-electron chi connectivity index (χ4n) is 2.82. The van der Waals surface area contributed by atoms with E-state index in [0.717, 1.165) is 16.7 Å². The van der Waals surface area contributed by atoms with Crippen molar-refractivity contribution in [3.8, 4) is 0 Å². The van der Waals surface area contributed by atoms with Gasteiger partial charge in [-0.3, -0.25) is 4.90 Å². The van der Waals surface area contributed by atoms with Crippen LogP contribution in [0.2, 0.25) is 0 Å². The molecule has 1 aliphatic heterocycles. The fraction of sp³-hybridized carbons (Fsp3) is 0.778. The van der Waals surface area contributed by atoms with Crippen LogP contribution in [0.1, 0.15) is 45.3 Å². The third kappa shape index (κ3) is 6.07. The third-order valence-corrected chi connectivity index (χ3v) is 5.49. The quantitative estimate of drug-likeness (QED) is 0.615. The maximum absolute atomic E-state index is 12.9. The van der Waals surface area contributed by atoms with Crippen molar-refractivity contribution in [1.82, 2.24) is 20.1 Å². The van der Waals surface area contributed by atoms with Gasteiger partial charge < -0.3 is 10.2 Å². The van der Waals surface area contributed by atoms with E-state index in [0.29, 0.717) is 39.3 Å². The lowest BCUT2D eigenvalue weighted by molar-refractivity contribution is -0.181. The summed E-state index contributed by atoms with van der Waals surface area (Å²) in [7, 11) is 0. The number of guanidine groups is 1. The van der Waals surface area contributed by atoms with Gasteiger partial charge in [0.1, 0.15) is 11.0 Å². The number of piperazine rings is 1. The van der Waals surface area contributed by atoms with Crippen LogP contribution in [-0.2, 0) is 12.0 Å². The molecule has 2 rings (SSSR count). The number of hydrogen-bond acceptors (Lipinski definition) is 4. The van der Waals surface area contributed by atoms with Crippen molar-refractivity contribution in [2.75, 3.05) is 32.7 Å². The van der Waals surface area contributed by atoms with Crippen LogP contribution in [0, 0.1) is 0 Å². The normalized spacial score (nSPS) is 18.7. The Labute approximate surface area is 163 Å². The van der Waals surface area contributed by atoms with E-state index in [1.54, 1.807) is 11.3 Å². The number of thiazole rings is 1. The third-order valence-electron chi connectivity index (χ3n) is 4.65. The van der Waals surface area contributed by atoms with E-state index in [1.165, 1.54) is 11.8 Å². The van der Waals surface area contributed by atoms with Crippen molar-refractivity contribution < 1.29 is 13.2 Å². The van der Waals surface area contributed by atoms with Crippen LogP contribution in [0.5, 0.6) is 0 Å². The van der Waals surface area contributed by atoms with E-state index in [1.807, 2.05) is 11.8 Å². The summed E-state index contributed by atoms with van der Waals surface area (Å²) in [6.07, 6.45) is -4.18. The van der Waals surface area contributed by atoms with E-state index < -0.39 is 12.2 Å². The predicted molar refractivity (Wildman–Crippen MR) is 104 cm³/mol. The molecule has 2 heterocycles. The fourth-order valence-corrected chi connectivity index (χ4v) is 3.77. The second kappa shape index (κ2) is 8.77. The number of rotatable bonds is 4. The van der Waals surface area contributed by atoms with Crippen LogP contribution < -0.4 is 5.32 Å². The Bertz CT molecular complexity index is 628. The summed E-state index contributed by atoms with van der Waals surface area (Å²) < 4.78 is 38.7. The van der Waals surface area contributed by atoms with Gasteiger partial charge in [0.2, 0.25) is 0 Å². The molecular weight excluding hydrogens is 375 g/mol. The van der Waals surface area contributed by atoms with Gasteiger partial charge in [0, 0.05) is 43.5 Å². The van der Waals surface area contributed by atoms with Gasteiger partial charge in [-0.05, 0) is 13.8 Å². The Balaban J connectivity index is 1.99. The average molecular weight is 406 g/mol. The van der Waals surface area contributed by atoms with Crippen LogP contribution >= 0.6 is 11.3 Å². The molecule has 1 aromatic rings. The van der Waals surface area contributed by atoms with Gasteiger partial charge in [0.25, 0.3) is 0 Å². The number of aliphatic imine (C=N–C) groups is 1. The van der Waals surface area contributed by atoms with Gasteiger partial charge >= 0.3 is 6.18 Å². The summed E-state index contributed by atoms with van der Waals surface area (Å²) in [5, 5.41) is 6.25. The first-order valence-electron chi connectivity index (χ1n) is 9.31. The topological polar surface area (TPSA) is 43.8 Å². The second-order valence-corrected chi connectivity index (χ2v) is 8.73.